The Labute approximate surface area is 117 Å². The zero-order chi connectivity index (χ0) is 13.5. The lowest BCUT2D eigenvalue weighted by molar-refractivity contribution is -0.132. The molecule has 0 aliphatic carbocycles. The van der Waals surface area contributed by atoms with E-state index in [9.17, 15) is 4.79 Å². The van der Waals surface area contributed by atoms with Crippen molar-refractivity contribution in [2.45, 2.75) is 19.5 Å². The predicted molar refractivity (Wildman–Crippen MR) is 75.8 cm³/mol. The van der Waals surface area contributed by atoms with Crippen molar-refractivity contribution in [1.29, 1.82) is 0 Å². The molecule has 0 radical (unpaired) electrons. The van der Waals surface area contributed by atoms with E-state index in [0.29, 0.717) is 26.1 Å². The maximum atomic E-state index is 12.2. The van der Waals surface area contributed by atoms with Gasteiger partial charge in [0.05, 0.1) is 19.4 Å². The van der Waals surface area contributed by atoms with Gasteiger partial charge in [0.1, 0.15) is 5.76 Å². The fraction of sp³-hybridized carbons (Fsp3) is 0.357. The van der Waals surface area contributed by atoms with Gasteiger partial charge in [0.2, 0.25) is 5.91 Å². The van der Waals surface area contributed by atoms with E-state index >= 15 is 0 Å². The summed E-state index contributed by atoms with van der Waals surface area (Å²) in [5.74, 6) is 0.952. The third-order valence-corrected chi connectivity index (χ3v) is 3.66. The second kappa shape index (κ2) is 7.11. The first kappa shape index (κ1) is 13.8. The molecule has 0 spiro atoms. The summed E-state index contributed by atoms with van der Waals surface area (Å²) in [5.41, 5.74) is 0. The van der Waals surface area contributed by atoms with Crippen molar-refractivity contribution < 1.29 is 9.21 Å². The number of hydrogen-bond acceptors (Lipinski definition) is 4. The molecule has 0 saturated heterocycles. The molecule has 2 aromatic heterocycles. The maximum absolute atomic E-state index is 12.2. The molecule has 0 aliphatic rings. The normalized spacial score (nSPS) is 10.6. The number of amides is 1. The Morgan fingerprint density at radius 2 is 2.26 bits per heavy atom. The van der Waals surface area contributed by atoms with Crippen molar-refractivity contribution in [1.82, 2.24) is 10.2 Å². The molecule has 0 aromatic carbocycles. The van der Waals surface area contributed by atoms with Gasteiger partial charge in [0, 0.05) is 17.8 Å². The number of nitrogens with one attached hydrogen (secondary N) is 1. The molecule has 4 nitrogen and oxygen atoms in total. The number of rotatable bonds is 7. The Morgan fingerprint density at radius 3 is 2.89 bits per heavy atom. The Balaban J connectivity index is 2.01. The van der Waals surface area contributed by atoms with Crippen LogP contribution in [0.4, 0.5) is 0 Å². The van der Waals surface area contributed by atoms with Crippen molar-refractivity contribution in [3.63, 3.8) is 0 Å². The van der Waals surface area contributed by atoms with Gasteiger partial charge >= 0.3 is 0 Å². The summed E-state index contributed by atoms with van der Waals surface area (Å²) in [6.07, 6.45) is 2.14. The van der Waals surface area contributed by atoms with Crippen LogP contribution in [-0.4, -0.2) is 24.4 Å². The van der Waals surface area contributed by atoms with Gasteiger partial charge in [-0.15, -0.1) is 11.3 Å². The molecule has 102 valence electrons. The second-order valence-corrected chi connectivity index (χ2v) is 5.29. The molecule has 5 heteroatoms. The third-order valence-electron chi connectivity index (χ3n) is 2.80. The average molecular weight is 278 g/mol. The lowest BCUT2D eigenvalue weighted by atomic mass is 10.3. The summed E-state index contributed by atoms with van der Waals surface area (Å²) in [6.45, 7) is 1.85. The number of thiophene rings is 1. The molecule has 0 unspecified atom stereocenters. The Bertz CT molecular complexity index is 443. The van der Waals surface area contributed by atoms with E-state index in [-0.39, 0.29) is 5.91 Å². The van der Waals surface area contributed by atoms with Crippen LogP contribution in [0, 0.1) is 0 Å². The van der Waals surface area contributed by atoms with Crippen LogP contribution in [-0.2, 0) is 17.9 Å². The van der Waals surface area contributed by atoms with Crippen LogP contribution in [0.5, 0.6) is 0 Å². The largest absolute Gasteiger partial charge is 0.467 e. The van der Waals surface area contributed by atoms with Crippen molar-refractivity contribution in [3.8, 4) is 0 Å². The molecule has 1 amide bonds. The molecular weight excluding hydrogens is 260 g/mol. The van der Waals surface area contributed by atoms with Gasteiger partial charge in [-0.05, 0) is 30.6 Å². The smallest absolute Gasteiger partial charge is 0.224 e. The fourth-order valence-electron chi connectivity index (χ4n) is 1.80. The van der Waals surface area contributed by atoms with Crippen LogP contribution in [0.2, 0.25) is 0 Å². The van der Waals surface area contributed by atoms with Gasteiger partial charge in [0.25, 0.3) is 0 Å². The summed E-state index contributed by atoms with van der Waals surface area (Å²) in [6, 6.07) is 7.79. The summed E-state index contributed by atoms with van der Waals surface area (Å²) in [5, 5.41) is 5.03. The minimum Gasteiger partial charge on any atom is -0.467 e. The maximum Gasteiger partial charge on any atom is 0.224 e. The number of furan rings is 1. The molecule has 0 atom stereocenters. The van der Waals surface area contributed by atoms with Crippen molar-refractivity contribution in [3.05, 3.63) is 46.5 Å². The highest BCUT2D eigenvalue weighted by Gasteiger charge is 2.15. The summed E-state index contributed by atoms with van der Waals surface area (Å²) >= 11 is 1.66. The first-order chi connectivity index (χ1) is 9.29. The lowest BCUT2D eigenvalue weighted by Gasteiger charge is -2.21. The van der Waals surface area contributed by atoms with Crippen LogP contribution in [0.25, 0.3) is 0 Å². The summed E-state index contributed by atoms with van der Waals surface area (Å²) in [7, 11) is 1.85. The van der Waals surface area contributed by atoms with Crippen LogP contribution in [0.3, 0.4) is 0 Å². The van der Waals surface area contributed by atoms with Gasteiger partial charge in [-0.2, -0.15) is 0 Å². The van der Waals surface area contributed by atoms with E-state index in [1.807, 2.05) is 41.6 Å². The highest BCUT2D eigenvalue weighted by molar-refractivity contribution is 7.09. The van der Waals surface area contributed by atoms with Crippen molar-refractivity contribution in [2.75, 3.05) is 13.6 Å². The molecule has 19 heavy (non-hydrogen) atoms. The van der Waals surface area contributed by atoms with Gasteiger partial charge < -0.3 is 14.6 Å². The first-order valence-corrected chi connectivity index (χ1v) is 7.14. The van der Waals surface area contributed by atoms with Gasteiger partial charge in [-0.25, -0.2) is 0 Å². The number of carbonyl (C=O) groups excluding carboxylic acids is 1. The Kier molecular flexibility index (Phi) is 5.18. The average Bonchev–Trinajstić information content (AvgIpc) is 3.08. The number of hydrogen-bond donors (Lipinski definition) is 1. The van der Waals surface area contributed by atoms with Gasteiger partial charge in [-0.1, -0.05) is 6.07 Å². The Hall–Kier alpha value is -1.59. The van der Waals surface area contributed by atoms with E-state index in [1.54, 1.807) is 17.6 Å². The van der Waals surface area contributed by atoms with Gasteiger partial charge in [-0.3, -0.25) is 4.79 Å². The zero-order valence-electron chi connectivity index (χ0n) is 11.0. The van der Waals surface area contributed by atoms with E-state index in [2.05, 4.69) is 5.32 Å². The number of carbonyl (C=O) groups is 1. The van der Waals surface area contributed by atoms with E-state index < -0.39 is 0 Å². The van der Waals surface area contributed by atoms with Crippen LogP contribution >= 0.6 is 11.3 Å². The summed E-state index contributed by atoms with van der Waals surface area (Å²) in [4.78, 5) is 15.2. The van der Waals surface area contributed by atoms with Crippen LogP contribution in [0.1, 0.15) is 17.1 Å². The van der Waals surface area contributed by atoms with E-state index in [4.69, 9.17) is 4.42 Å². The van der Waals surface area contributed by atoms with E-state index in [1.165, 1.54) is 4.88 Å². The monoisotopic (exact) mass is 278 g/mol. The Morgan fingerprint density at radius 1 is 1.37 bits per heavy atom. The lowest BCUT2D eigenvalue weighted by Crippen LogP contribution is -2.31. The highest BCUT2D eigenvalue weighted by atomic mass is 32.1. The standard InChI is InChI=1S/C14H18N2O2S/c1-15-7-6-14(17)16(10-12-4-2-8-18-12)11-13-5-3-9-19-13/h2-5,8-9,15H,6-7,10-11H2,1H3. The van der Waals surface area contributed by atoms with Crippen molar-refractivity contribution >= 4 is 17.2 Å². The van der Waals surface area contributed by atoms with Crippen LogP contribution in [0.15, 0.2) is 40.3 Å². The quantitative estimate of drug-likeness (QED) is 0.846. The fourth-order valence-corrected chi connectivity index (χ4v) is 2.52. The predicted octanol–water partition coefficient (Wildman–Crippen LogP) is 2.48. The van der Waals surface area contributed by atoms with E-state index in [0.717, 1.165) is 5.76 Å². The minimum atomic E-state index is 0.138. The molecule has 0 saturated carbocycles. The van der Waals surface area contributed by atoms with Gasteiger partial charge in [0.15, 0.2) is 0 Å². The molecule has 0 aliphatic heterocycles. The topological polar surface area (TPSA) is 45.5 Å². The third kappa shape index (κ3) is 4.22. The molecule has 1 N–H and O–H groups in total. The zero-order valence-corrected chi connectivity index (χ0v) is 11.8. The molecule has 2 rings (SSSR count). The van der Waals surface area contributed by atoms with Crippen LogP contribution < -0.4 is 5.32 Å². The molecule has 2 heterocycles. The second-order valence-electron chi connectivity index (χ2n) is 4.26. The molecule has 2 aromatic rings. The molecule has 0 bridgehead atoms. The van der Waals surface area contributed by atoms with Crippen molar-refractivity contribution in [2.24, 2.45) is 0 Å². The highest BCUT2D eigenvalue weighted by Crippen LogP contribution is 2.15. The SMILES string of the molecule is CNCCC(=O)N(Cc1ccco1)Cc1cccs1. The number of nitrogens with zero attached hydrogens (tertiary/aromatic N) is 1. The molecule has 0 fully saturated rings. The first-order valence-electron chi connectivity index (χ1n) is 6.26. The molecular formula is C14H18N2O2S. The minimum absolute atomic E-state index is 0.138. The summed E-state index contributed by atoms with van der Waals surface area (Å²) < 4.78 is 5.33.